The van der Waals surface area contributed by atoms with Crippen LogP contribution in [0.4, 0.5) is 5.69 Å². The largest absolute Gasteiger partial charge is 0.497 e. The number of ether oxygens (including phenoxy) is 1. The van der Waals surface area contributed by atoms with Gasteiger partial charge in [0.15, 0.2) is 0 Å². The van der Waals surface area contributed by atoms with E-state index in [1.807, 2.05) is 18.0 Å². The van der Waals surface area contributed by atoms with Crippen molar-refractivity contribution < 1.29 is 4.74 Å². The third-order valence-electron chi connectivity index (χ3n) is 5.11. The summed E-state index contributed by atoms with van der Waals surface area (Å²) in [6.45, 7) is 2.25. The summed E-state index contributed by atoms with van der Waals surface area (Å²) < 4.78 is 7.88. The minimum absolute atomic E-state index is 0.630. The van der Waals surface area contributed by atoms with Crippen molar-refractivity contribution in [2.45, 2.75) is 38.1 Å². The molecule has 0 bridgehead atoms. The SMILES string of the molecule is COc1cccc(CCCc2ccccc2N(SC)C2CCNCC2)c1. The molecule has 1 saturated heterocycles. The Kier molecular flexibility index (Phi) is 7.27. The molecule has 0 unspecified atom stereocenters. The second kappa shape index (κ2) is 9.89. The number of hydrogen-bond acceptors (Lipinski definition) is 4. The van der Waals surface area contributed by atoms with Gasteiger partial charge in [0.1, 0.15) is 5.75 Å². The zero-order valence-electron chi connectivity index (χ0n) is 15.9. The standard InChI is InChI=1S/C22H30N2OS/c1-25-21-11-6-8-18(17-21)7-5-10-19-9-3-4-12-22(19)24(26-2)20-13-15-23-16-14-20/h3-4,6,8-9,11-12,17,20,23H,5,7,10,13-16H2,1-2H3. The molecule has 0 amide bonds. The van der Waals surface area contributed by atoms with Crippen LogP contribution in [0.5, 0.6) is 5.75 Å². The Hall–Kier alpha value is -1.65. The van der Waals surface area contributed by atoms with E-state index in [0.29, 0.717) is 6.04 Å². The first-order valence-corrected chi connectivity index (χ1v) is 10.7. The molecule has 1 fully saturated rings. The van der Waals surface area contributed by atoms with Crippen molar-refractivity contribution in [3.05, 3.63) is 59.7 Å². The van der Waals surface area contributed by atoms with Gasteiger partial charge in [-0.1, -0.05) is 42.3 Å². The van der Waals surface area contributed by atoms with Gasteiger partial charge in [0.05, 0.1) is 12.8 Å². The normalized spacial score (nSPS) is 15.0. The maximum atomic E-state index is 5.34. The summed E-state index contributed by atoms with van der Waals surface area (Å²) in [5.74, 6) is 0.947. The van der Waals surface area contributed by atoms with E-state index >= 15 is 0 Å². The molecule has 1 N–H and O–H groups in total. The van der Waals surface area contributed by atoms with E-state index < -0.39 is 0 Å². The van der Waals surface area contributed by atoms with Crippen LogP contribution in [0.3, 0.4) is 0 Å². The number of aryl methyl sites for hydroxylation is 2. The molecule has 26 heavy (non-hydrogen) atoms. The van der Waals surface area contributed by atoms with Gasteiger partial charge in [-0.15, -0.1) is 0 Å². The third-order valence-corrected chi connectivity index (χ3v) is 6.00. The summed E-state index contributed by atoms with van der Waals surface area (Å²) in [6, 6.07) is 18.0. The zero-order valence-corrected chi connectivity index (χ0v) is 16.7. The highest BCUT2D eigenvalue weighted by Gasteiger charge is 2.22. The maximum Gasteiger partial charge on any atom is 0.119 e. The molecule has 0 aliphatic carbocycles. The minimum atomic E-state index is 0.630. The Balaban J connectivity index is 1.66. The second-order valence-electron chi connectivity index (χ2n) is 6.82. The molecule has 0 spiro atoms. The molecule has 3 nitrogen and oxygen atoms in total. The van der Waals surface area contributed by atoms with E-state index in [1.54, 1.807) is 7.11 Å². The lowest BCUT2D eigenvalue weighted by Gasteiger charge is -2.35. The summed E-state index contributed by atoms with van der Waals surface area (Å²) in [4.78, 5) is 0. The highest BCUT2D eigenvalue weighted by atomic mass is 32.2. The molecule has 140 valence electrons. The number of piperidine rings is 1. The number of hydrogen-bond donors (Lipinski definition) is 1. The molecule has 3 rings (SSSR count). The van der Waals surface area contributed by atoms with E-state index in [9.17, 15) is 0 Å². The average molecular weight is 371 g/mol. The van der Waals surface area contributed by atoms with Crippen molar-refractivity contribution in [1.29, 1.82) is 0 Å². The van der Waals surface area contributed by atoms with Gasteiger partial charge < -0.3 is 14.4 Å². The molecule has 0 atom stereocenters. The molecule has 2 aromatic carbocycles. The summed E-state index contributed by atoms with van der Waals surface area (Å²) in [5.41, 5.74) is 4.21. The van der Waals surface area contributed by atoms with Crippen molar-refractivity contribution in [3.8, 4) is 5.75 Å². The fourth-order valence-electron chi connectivity index (χ4n) is 3.73. The van der Waals surface area contributed by atoms with Crippen molar-refractivity contribution >= 4 is 17.6 Å². The van der Waals surface area contributed by atoms with Crippen LogP contribution in [-0.2, 0) is 12.8 Å². The monoisotopic (exact) mass is 370 g/mol. The van der Waals surface area contributed by atoms with Gasteiger partial charge >= 0.3 is 0 Å². The molecule has 1 aliphatic rings. The Bertz CT molecular complexity index is 685. The predicted molar refractivity (Wildman–Crippen MR) is 113 cm³/mol. The molecule has 1 aliphatic heterocycles. The smallest absolute Gasteiger partial charge is 0.119 e. The van der Waals surface area contributed by atoms with Gasteiger partial charge in [-0.3, -0.25) is 0 Å². The average Bonchev–Trinajstić information content (AvgIpc) is 2.71. The summed E-state index contributed by atoms with van der Waals surface area (Å²) in [6.07, 6.45) is 7.99. The van der Waals surface area contributed by atoms with Crippen molar-refractivity contribution in [1.82, 2.24) is 5.32 Å². The first kappa shape index (κ1) is 19.1. The van der Waals surface area contributed by atoms with E-state index in [1.165, 1.54) is 29.7 Å². The number of benzene rings is 2. The first-order valence-electron chi connectivity index (χ1n) is 9.56. The lowest BCUT2D eigenvalue weighted by Crippen LogP contribution is -2.40. The molecule has 0 aromatic heterocycles. The van der Waals surface area contributed by atoms with E-state index in [4.69, 9.17) is 4.74 Å². The second-order valence-corrected chi connectivity index (χ2v) is 7.58. The predicted octanol–water partition coefficient (Wildman–Crippen LogP) is 4.71. The molecule has 2 aromatic rings. The van der Waals surface area contributed by atoms with Gasteiger partial charge in [0, 0.05) is 12.3 Å². The lowest BCUT2D eigenvalue weighted by molar-refractivity contribution is 0.414. The molecule has 0 radical (unpaired) electrons. The van der Waals surface area contributed by atoms with Crippen LogP contribution in [0.2, 0.25) is 0 Å². The molecular weight excluding hydrogens is 340 g/mol. The van der Waals surface area contributed by atoms with Gasteiger partial charge in [-0.05, 0) is 74.5 Å². The maximum absolute atomic E-state index is 5.34. The Morgan fingerprint density at radius 1 is 1.08 bits per heavy atom. The van der Waals surface area contributed by atoms with E-state index in [0.717, 1.165) is 38.1 Å². The fourth-order valence-corrected chi connectivity index (χ4v) is 4.62. The van der Waals surface area contributed by atoms with Crippen LogP contribution in [0.15, 0.2) is 48.5 Å². The van der Waals surface area contributed by atoms with E-state index in [2.05, 4.69) is 58.3 Å². The van der Waals surface area contributed by atoms with Crippen LogP contribution in [0.25, 0.3) is 0 Å². The van der Waals surface area contributed by atoms with Crippen LogP contribution >= 0.6 is 11.9 Å². The highest BCUT2D eigenvalue weighted by molar-refractivity contribution is 8.00. The van der Waals surface area contributed by atoms with Crippen LogP contribution < -0.4 is 14.4 Å². The topological polar surface area (TPSA) is 24.5 Å². The molecule has 0 saturated carbocycles. The van der Waals surface area contributed by atoms with Gasteiger partial charge in [0.2, 0.25) is 0 Å². The first-order chi connectivity index (χ1) is 12.8. The van der Waals surface area contributed by atoms with Crippen molar-refractivity contribution in [2.75, 3.05) is 30.8 Å². The summed E-state index contributed by atoms with van der Waals surface area (Å²) in [5, 5.41) is 3.48. The van der Waals surface area contributed by atoms with Gasteiger partial charge in [-0.25, -0.2) is 0 Å². The summed E-state index contributed by atoms with van der Waals surface area (Å²) >= 11 is 1.87. The number of nitrogens with one attached hydrogen (secondary N) is 1. The number of rotatable bonds is 8. The zero-order chi connectivity index (χ0) is 18.2. The Labute approximate surface area is 162 Å². The summed E-state index contributed by atoms with van der Waals surface area (Å²) in [7, 11) is 1.73. The molecule has 1 heterocycles. The highest BCUT2D eigenvalue weighted by Crippen LogP contribution is 2.31. The third kappa shape index (κ3) is 4.95. The Morgan fingerprint density at radius 3 is 2.65 bits per heavy atom. The molecular formula is C22H30N2OS. The van der Waals surface area contributed by atoms with Crippen molar-refractivity contribution in [2.24, 2.45) is 0 Å². The number of para-hydroxylation sites is 1. The lowest BCUT2D eigenvalue weighted by atomic mass is 10.0. The fraction of sp³-hybridized carbons (Fsp3) is 0.455. The van der Waals surface area contributed by atoms with E-state index in [-0.39, 0.29) is 0 Å². The van der Waals surface area contributed by atoms with Gasteiger partial charge in [-0.2, -0.15) is 0 Å². The number of anilines is 1. The molecule has 4 heteroatoms. The van der Waals surface area contributed by atoms with Gasteiger partial charge in [0.25, 0.3) is 0 Å². The number of nitrogens with zero attached hydrogens (tertiary/aromatic N) is 1. The van der Waals surface area contributed by atoms with Crippen LogP contribution in [0.1, 0.15) is 30.4 Å². The minimum Gasteiger partial charge on any atom is -0.497 e. The van der Waals surface area contributed by atoms with Crippen LogP contribution in [0, 0.1) is 0 Å². The van der Waals surface area contributed by atoms with Crippen LogP contribution in [-0.4, -0.2) is 32.5 Å². The van der Waals surface area contributed by atoms with Crippen molar-refractivity contribution in [3.63, 3.8) is 0 Å². The number of methoxy groups -OCH3 is 1. The quantitative estimate of drug-likeness (QED) is 0.680. The Morgan fingerprint density at radius 2 is 1.88 bits per heavy atom.